The zero-order valence-electron chi connectivity index (χ0n) is 18.7. The minimum atomic E-state index is -0.812. The van der Waals surface area contributed by atoms with Crippen LogP contribution >= 0.6 is 0 Å². The highest BCUT2D eigenvalue weighted by Crippen LogP contribution is 2.29. The van der Waals surface area contributed by atoms with Crippen LogP contribution in [0.5, 0.6) is 0 Å². The lowest BCUT2D eigenvalue weighted by Gasteiger charge is -2.22. The molecule has 4 rings (SSSR count). The molecule has 3 heterocycles. The van der Waals surface area contributed by atoms with Crippen molar-refractivity contribution < 1.29 is 18.7 Å². The van der Waals surface area contributed by atoms with Crippen molar-refractivity contribution >= 4 is 34.2 Å². The summed E-state index contributed by atoms with van der Waals surface area (Å²) < 4.78 is 20.9. The second kappa shape index (κ2) is 9.53. The van der Waals surface area contributed by atoms with E-state index in [0.717, 1.165) is 24.8 Å². The fraction of sp³-hybridized carbons (Fsp3) is 0.391. The highest BCUT2D eigenvalue weighted by atomic mass is 19.1. The molecule has 1 unspecified atom stereocenters. The Balaban J connectivity index is 1.54. The number of carbonyl (C=O) groups excluding carboxylic acids is 2. The average molecular weight is 455 g/mol. The summed E-state index contributed by atoms with van der Waals surface area (Å²) >= 11 is 0. The van der Waals surface area contributed by atoms with Crippen molar-refractivity contribution in [3.63, 3.8) is 0 Å². The van der Waals surface area contributed by atoms with Crippen LogP contribution in [-0.2, 0) is 20.9 Å². The predicted octanol–water partition coefficient (Wildman–Crippen LogP) is 3.15. The molecule has 0 spiro atoms. The molecule has 0 radical (unpaired) electrons. The van der Waals surface area contributed by atoms with Crippen LogP contribution in [0.1, 0.15) is 43.5 Å². The summed E-state index contributed by atoms with van der Waals surface area (Å²) in [5.74, 6) is -1.59. The summed E-state index contributed by atoms with van der Waals surface area (Å²) in [6.07, 6.45) is 5.81. The lowest BCUT2D eigenvalue weighted by molar-refractivity contribution is -0.143. The van der Waals surface area contributed by atoms with E-state index in [-0.39, 0.29) is 24.4 Å². The van der Waals surface area contributed by atoms with Gasteiger partial charge in [0.25, 0.3) is 0 Å². The van der Waals surface area contributed by atoms with Crippen molar-refractivity contribution in [1.29, 1.82) is 0 Å². The number of likely N-dealkylation sites (N-methyl/N-ethyl adjacent to an activating group) is 1. The Morgan fingerprint density at radius 1 is 1.36 bits per heavy atom. The number of rotatable bonds is 5. The Labute approximate surface area is 190 Å². The molecule has 33 heavy (non-hydrogen) atoms. The van der Waals surface area contributed by atoms with Crippen molar-refractivity contribution in [3.8, 4) is 0 Å². The van der Waals surface area contributed by atoms with Gasteiger partial charge in [0.2, 0.25) is 0 Å². The van der Waals surface area contributed by atoms with Crippen molar-refractivity contribution in [2.45, 2.75) is 45.9 Å². The van der Waals surface area contributed by atoms with Crippen molar-refractivity contribution in [2.75, 3.05) is 24.2 Å². The molecule has 0 saturated carbocycles. The molecule has 2 aromatic heterocycles. The maximum absolute atomic E-state index is 13.4. The van der Waals surface area contributed by atoms with Gasteiger partial charge in [-0.15, -0.1) is 0 Å². The quantitative estimate of drug-likeness (QED) is 0.572. The smallest absolute Gasteiger partial charge is 0.314 e. The molecule has 0 aliphatic carbocycles. The number of nitrogens with one attached hydrogen (secondary N) is 1. The van der Waals surface area contributed by atoms with E-state index < -0.39 is 11.8 Å². The van der Waals surface area contributed by atoms with Gasteiger partial charge in [-0.2, -0.15) is 5.10 Å². The monoisotopic (exact) mass is 454 g/mol. The normalized spacial score (nSPS) is 16.0. The highest BCUT2D eigenvalue weighted by Gasteiger charge is 2.24. The van der Waals surface area contributed by atoms with Crippen LogP contribution in [0.15, 0.2) is 30.6 Å². The third-order valence-electron chi connectivity index (χ3n) is 5.82. The first-order valence-electron chi connectivity index (χ1n) is 11.0. The average Bonchev–Trinajstić information content (AvgIpc) is 3.27. The number of pyridine rings is 1. The van der Waals surface area contributed by atoms with Crippen LogP contribution in [0.4, 0.5) is 15.9 Å². The molecule has 9 nitrogen and oxygen atoms in total. The summed E-state index contributed by atoms with van der Waals surface area (Å²) in [6.45, 7) is 4.70. The number of nitrogen functional groups attached to an aromatic ring is 1. The molecule has 1 atom stereocenters. The maximum Gasteiger partial charge on any atom is 0.314 e. The Morgan fingerprint density at radius 3 is 2.88 bits per heavy atom. The van der Waals surface area contributed by atoms with E-state index in [1.165, 1.54) is 23.2 Å². The summed E-state index contributed by atoms with van der Waals surface area (Å²) in [6, 6.07) is 4.35. The lowest BCUT2D eigenvalue weighted by atomic mass is 10.1. The molecule has 1 aliphatic heterocycles. The van der Waals surface area contributed by atoms with Gasteiger partial charge in [-0.3, -0.25) is 9.59 Å². The SMILES string of the molecule is CCN(Cc1ccc(F)cc1C)C(=O)C(=O)Nc1cnc(N)c2cn(C3CCCCO3)nc12. The first-order chi connectivity index (χ1) is 15.9. The zero-order valence-corrected chi connectivity index (χ0v) is 18.7. The number of hydrogen-bond acceptors (Lipinski definition) is 6. The van der Waals surface area contributed by atoms with E-state index in [4.69, 9.17) is 10.5 Å². The van der Waals surface area contributed by atoms with Crippen molar-refractivity contribution in [3.05, 3.63) is 47.5 Å². The Kier molecular flexibility index (Phi) is 6.55. The second-order valence-corrected chi connectivity index (χ2v) is 8.09. The first kappa shape index (κ1) is 22.7. The van der Waals surface area contributed by atoms with Gasteiger partial charge in [-0.05, 0) is 56.4 Å². The third kappa shape index (κ3) is 4.80. The largest absolute Gasteiger partial charge is 0.383 e. The van der Waals surface area contributed by atoms with E-state index in [0.29, 0.717) is 35.3 Å². The molecule has 0 bridgehead atoms. The number of nitrogens with two attached hydrogens (primary N) is 1. The van der Waals surface area contributed by atoms with E-state index in [9.17, 15) is 14.0 Å². The standard InChI is InChI=1S/C23H27FN6O3/c1-3-29(12-15-7-8-16(24)10-14(15)2)23(32)22(31)27-18-11-26-21(25)17-13-30(28-20(17)18)19-6-4-5-9-33-19/h7-8,10-11,13,19H,3-6,9,12H2,1-2H3,(H2,25,26)(H,27,31). The number of nitrogens with zero attached hydrogens (tertiary/aromatic N) is 4. The highest BCUT2D eigenvalue weighted by molar-refractivity contribution is 6.40. The number of carbonyl (C=O) groups is 2. The number of anilines is 2. The summed E-state index contributed by atoms with van der Waals surface area (Å²) in [5, 5.41) is 7.76. The molecule has 10 heteroatoms. The van der Waals surface area contributed by atoms with E-state index >= 15 is 0 Å². The molecule has 1 aromatic carbocycles. The summed E-state index contributed by atoms with van der Waals surface area (Å²) in [4.78, 5) is 31.2. The number of benzene rings is 1. The number of fused-ring (bicyclic) bond motifs is 1. The van der Waals surface area contributed by atoms with Gasteiger partial charge < -0.3 is 20.7 Å². The van der Waals surface area contributed by atoms with E-state index in [2.05, 4.69) is 15.4 Å². The number of hydrogen-bond donors (Lipinski definition) is 2. The molecular formula is C23H27FN6O3. The molecular weight excluding hydrogens is 427 g/mol. The molecule has 174 valence electrons. The van der Waals surface area contributed by atoms with Gasteiger partial charge in [0, 0.05) is 25.9 Å². The Bertz CT molecular complexity index is 1190. The third-order valence-corrected chi connectivity index (χ3v) is 5.82. The fourth-order valence-corrected chi connectivity index (χ4v) is 3.90. The zero-order chi connectivity index (χ0) is 23.5. The number of amides is 2. The maximum atomic E-state index is 13.4. The van der Waals surface area contributed by atoms with Crippen LogP contribution in [-0.4, -0.2) is 44.6 Å². The Hall–Kier alpha value is -3.53. The van der Waals surface area contributed by atoms with Crippen LogP contribution < -0.4 is 11.1 Å². The number of ether oxygens (including phenoxy) is 1. The van der Waals surface area contributed by atoms with Gasteiger partial charge in [0.05, 0.1) is 17.3 Å². The van der Waals surface area contributed by atoms with E-state index in [1.807, 2.05) is 0 Å². The molecule has 3 N–H and O–H groups in total. The predicted molar refractivity (Wildman–Crippen MR) is 122 cm³/mol. The van der Waals surface area contributed by atoms with Gasteiger partial charge in [0.15, 0.2) is 0 Å². The molecule has 2 amide bonds. The molecule has 3 aromatic rings. The fourth-order valence-electron chi connectivity index (χ4n) is 3.90. The van der Waals surface area contributed by atoms with Crippen LogP contribution in [0.25, 0.3) is 10.9 Å². The van der Waals surface area contributed by atoms with Gasteiger partial charge >= 0.3 is 11.8 Å². The summed E-state index contributed by atoms with van der Waals surface area (Å²) in [5.41, 5.74) is 8.23. The minimum Gasteiger partial charge on any atom is -0.383 e. The van der Waals surface area contributed by atoms with E-state index in [1.54, 1.807) is 30.8 Å². The van der Waals surface area contributed by atoms with Crippen molar-refractivity contribution in [2.24, 2.45) is 0 Å². The molecule has 1 fully saturated rings. The van der Waals surface area contributed by atoms with Crippen LogP contribution in [0.3, 0.4) is 0 Å². The first-order valence-corrected chi connectivity index (χ1v) is 11.0. The number of halogens is 1. The second-order valence-electron chi connectivity index (χ2n) is 8.09. The molecule has 1 saturated heterocycles. The Morgan fingerprint density at radius 2 is 2.18 bits per heavy atom. The van der Waals surface area contributed by atoms with Gasteiger partial charge in [-0.1, -0.05) is 6.07 Å². The van der Waals surface area contributed by atoms with Crippen LogP contribution in [0.2, 0.25) is 0 Å². The van der Waals surface area contributed by atoms with Gasteiger partial charge in [0.1, 0.15) is 23.4 Å². The lowest BCUT2D eigenvalue weighted by Crippen LogP contribution is -2.39. The number of aromatic nitrogens is 3. The summed E-state index contributed by atoms with van der Waals surface area (Å²) in [7, 11) is 0. The molecule has 1 aliphatic rings. The topological polar surface area (TPSA) is 115 Å². The number of aryl methyl sites for hydroxylation is 1. The van der Waals surface area contributed by atoms with Crippen LogP contribution in [0, 0.1) is 12.7 Å². The minimum absolute atomic E-state index is 0.192. The van der Waals surface area contributed by atoms with Crippen molar-refractivity contribution in [1.82, 2.24) is 19.7 Å². The van der Waals surface area contributed by atoms with Gasteiger partial charge in [-0.25, -0.2) is 14.1 Å².